The van der Waals surface area contributed by atoms with Gasteiger partial charge < -0.3 is 10.1 Å². The van der Waals surface area contributed by atoms with Gasteiger partial charge in [-0.15, -0.1) is 0 Å². The van der Waals surface area contributed by atoms with Crippen LogP contribution in [-0.2, 0) is 11.2 Å². The Morgan fingerprint density at radius 1 is 0.967 bits per heavy atom. The maximum atomic E-state index is 12.4. The molecule has 0 aliphatic heterocycles. The van der Waals surface area contributed by atoms with E-state index in [-0.39, 0.29) is 18.2 Å². The van der Waals surface area contributed by atoms with E-state index in [1.807, 2.05) is 61.5 Å². The Labute approximate surface area is 175 Å². The van der Waals surface area contributed by atoms with E-state index in [1.54, 1.807) is 24.3 Å². The molecule has 0 atom stereocenters. The first-order chi connectivity index (χ1) is 14.7. The van der Waals surface area contributed by atoms with E-state index in [9.17, 15) is 9.59 Å². The zero-order chi connectivity index (χ0) is 21.2. The summed E-state index contributed by atoms with van der Waals surface area (Å²) in [6, 6.07) is 23.6. The number of ether oxygens (including phenoxy) is 1. The molecule has 3 rings (SSSR count). The topological polar surface area (TPSA) is 79.8 Å². The second-order valence-corrected chi connectivity index (χ2v) is 6.46. The number of para-hydroxylation sites is 1. The highest BCUT2D eigenvalue weighted by molar-refractivity contribution is 5.98. The largest absolute Gasteiger partial charge is 0.493 e. The standard InChI is InChI=1S/C24H23N3O3/c1-2-30-22-14-7-6-11-20(22)17-25-27-24(29)19-12-8-13-21(16-19)26-23(28)15-18-9-4-3-5-10-18/h3-14,16-17H,2,15H2,1H3,(H,26,28)(H,27,29). The summed E-state index contributed by atoms with van der Waals surface area (Å²) in [5, 5.41) is 6.83. The molecule has 0 aliphatic carbocycles. The van der Waals surface area contributed by atoms with E-state index in [4.69, 9.17) is 4.74 Å². The SMILES string of the molecule is CCOc1ccccc1C=NNC(=O)c1cccc(NC(=O)Cc2ccccc2)c1. The van der Waals surface area contributed by atoms with Gasteiger partial charge in [-0.1, -0.05) is 48.5 Å². The molecule has 0 heterocycles. The van der Waals surface area contributed by atoms with Gasteiger partial charge in [0.2, 0.25) is 5.91 Å². The lowest BCUT2D eigenvalue weighted by Gasteiger charge is -2.08. The van der Waals surface area contributed by atoms with Crippen LogP contribution in [0.1, 0.15) is 28.4 Å². The fraction of sp³-hybridized carbons (Fsp3) is 0.125. The van der Waals surface area contributed by atoms with E-state index < -0.39 is 0 Å². The van der Waals surface area contributed by atoms with Crippen LogP contribution >= 0.6 is 0 Å². The number of benzene rings is 3. The number of carbonyl (C=O) groups excluding carboxylic acids is 2. The lowest BCUT2D eigenvalue weighted by Crippen LogP contribution is -2.19. The monoisotopic (exact) mass is 401 g/mol. The van der Waals surface area contributed by atoms with Gasteiger partial charge in [0.25, 0.3) is 5.91 Å². The van der Waals surface area contributed by atoms with Crippen molar-refractivity contribution in [2.75, 3.05) is 11.9 Å². The highest BCUT2D eigenvalue weighted by atomic mass is 16.5. The van der Waals surface area contributed by atoms with E-state index in [0.717, 1.165) is 11.1 Å². The van der Waals surface area contributed by atoms with Gasteiger partial charge in [-0.2, -0.15) is 5.10 Å². The molecule has 0 aromatic heterocycles. The average molecular weight is 401 g/mol. The molecule has 0 fully saturated rings. The summed E-state index contributed by atoms with van der Waals surface area (Å²) in [4.78, 5) is 24.6. The minimum Gasteiger partial charge on any atom is -0.493 e. The summed E-state index contributed by atoms with van der Waals surface area (Å²) in [7, 11) is 0. The molecule has 0 saturated heterocycles. The normalized spacial score (nSPS) is 10.6. The lowest BCUT2D eigenvalue weighted by atomic mass is 10.1. The summed E-state index contributed by atoms with van der Waals surface area (Å²) >= 11 is 0. The number of nitrogens with one attached hydrogen (secondary N) is 2. The summed E-state index contributed by atoms with van der Waals surface area (Å²) < 4.78 is 5.53. The van der Waals surface area contributed by atoms with Crippen LogP contribution in [0.4, 0.5) is 5.69 Å². The van der Waals surface area contributed by atoms with Gasteiger partial charge >= 0.3 is 0 Å². The van der Waals surface area contributed by atoms with Crippen molar-refractivity contribution in [1.29, 1.82) is 0 Å². The Morgan fingerprint density at radius 3 is 2.53 bits per heavy atom. The first-order valence-electron chi connectivity index (χ1n) is 9.65. The summed E-state index contributed by atoms with van der Waals surface area (Å²) in [5.74, 6) is 0.171. The molecule has 6 nitrogen and oxygen atoms in total. The van der Waals surface area contributed by atoms with Crippen molar-refractivity contribution in [3.63, 3.8) is 0 Å². The summed E-state index contributed by atoms with van der Waals surface area (Å²) in [6.07, 6.45) is 1.80. The molecule has 2 N–H and O–H groups in total. The Kier molecular flexibility index (Phi) is 7.33. The number of nitrogens with zero attached hydrogens (tertiary/aromatic N) is 1. The van der Waals surface area contributed by atoms with E-state index >= 15 is 0 Å². The predicted molar refractivity (Wildman–Crippen MR) is 118 cm³/mol. The number of hydrazone groups is 1. The van der Waals surface area contributed by atoms with Crippen molar-refractivity contribution in [3.05, 3.63) is 95.6 Å². The molecular weight excluding hydrogens is 378 g/mol. The fourth-order valence-electron chi connectivity index (χ4n) is 2.82. The Morgan fingerprint density at radius 2 is 1.73 bits per heavy atom. The van der Waals surface area contributed by atoms with Crippen LogP contribution < -0.4 is 15.5 Å². The number of amides is 2. The van der Waals surface area contributed by atoms with Crippen molar-refractivity contribution in [3.8, 4) is 5.75 Å². The van der Waals surface area contributed by atoms with Gasteiger partial charge in [0, 0.05) is 16.8 Å². The van der Waals surface area contributed by atoms with Crippen LogP contribution in [0.3, 0.4) is 0 Å². The zero-order valence-electron chi connectivity index (χ0n) is 16.7. The molecule has 3 aromatic rings. The predicted octanol–water partition coefficient (Wildman–Crippen LogP) is 4.03. The number of hydrogen-bond acceptors (Lipinski definition) is 4. The lowest BCUT2D eigenvalue weighted by molar-refractivity contribution is -0.115. The van der Waals surface area contributed by atoms with Gasteiger partial charge in [0.1, 0.15) is 5.75 Å². The first-order valence-corrected chi connectivity index (χ1v) is 9.65. The number of anilines is 1. The van der Waals surface area contributed by atoms with Crippen LogP contribution in [-0.4, -0.2) is 24.6 Å². The Balaban J connectivity index is 1.60. The summed E-state index contributed by atoms with van der Waals surface area (Å²) in [6.45, 7) is 2.45. The second kappa shape index (κ2) is 10.6. The molecule has 0 aliphatic rings. The average Bonchev–Trinajstić information content (AvgIpc) is 2.76. The van der Waals surface area contributed by atoms with Crippen LogP contribution in [0.15, 0.2) is 84.0 Å². The van der Waals surface area contributed by atoms with Crippen molar-refractivity contribution in [2.45, 2.75) is 13.3 Å². The molecule has 0 saturated carbocycles. The van der Waals surface area contributed by atoms with Crippen molar-refractivity contribution >= 4 is 23.7 Å². The van der Waals surface area contributed by atoms with Crippen LogP contribution in [0.25, 0.3) is 0 Å². The third-order valence-corrected chi connectivity index (χ3v) is 4.20. The number of hydrogen-bond donors (Lipinski definition) is 2. The zero-order valence-corrected chi connectivity index (χ0v) is 16.7. The van der Waals surface area contributed by atoms with Crippen molar-refractivity contribution in [2.24, 2.45) is 5.10 Å². The first kappa shape index (κ1) is 20.8. The smallest absolute Gasteiger partial charge is 0.271 e. The highest BCUT2D eigenvalue weighted by Gasteiger charge is 2.08. The quantitative estimate of drug-likeness (QED) is 0.442. The fourth-order valence-corrected chi connectivity index (χ4v) is 2.82. The van der Waals surface area contributed by atoms with Gasteiger partial charge in [-0.3, -0.25) is 9.59 Å². The molecule has 6 heteroatoms. The maximum absolute atomic E-state index is 12.4. The Bertz CT molecular complexity index is 1030. The van der Waals surface area contributed by atoms with Gasteiger partial charge in [0.15, 0.2) is 0 Å². The Hall–Kier alpha value is -3.93. The van der Waals surface area contributed by atoms with Crippen LogP contribution in [0.2, 0.25) is 0 Å². The van der Waals surface area contributed by atoms with Gasteiger partial charge in [-0.05, 0) is 42.8 Å². The van der Waals surface area contributed by atoms with E-state index in [1.165, 1.54) is 6.21 Å². The molecule has 152 valence electrons. The van der Waals surface area contributed by atoms with Gasteiger partial charge in [-0.25, -0.2) is 5.43 Å². The molecule has 0 bridgehead atoms. The molecule has 3 aromatic carbocycles. The minimum atomic E-state index is -0.376. The third kappa shape index (κ3) is 6.04. The minimum absolute atomic E-state index is 0.149. The molecular formula is C24H23N3O3. The molecule has 2 amide bonds. The van der Waals surface area contributed by atoms with Gasteiger partial charge in [0.05, 0.1) is 19.2 Å². The van der Waals surface area contributed by atoms with Crippen molar-refractivity contribution in [1.82, 2.24) is 5.43 Å². The van der Waals surface area contributed by atoms with Crippen LogP contribution in [0, 0.1) is 0 Å². The summed E-state index contributed by atoms with van der Waals surface area (Å²) in [5.41, 5.74) is 5.13. The van der Waals surface area contributed by atoms with Crippen LogP contribution in [0.5, 0.6) is 5.75 Å². The molecule has 30 heavy (non-hydrogen) atoms. The second-order valence-electron chi connectivity index (χ2n) is 6.46. The maximum Gasteiger partial charge on any atom is 0.271 e. The van der Waals surface area contributed by atoms with E-state index in [2.05, 4.69) is 15.8 Å². The van der Waals surface area contributed by atoms with Crippen molar-refractivity contribution < 1.29 is 14.3 Å². The third-order valence-electron chi connectivity index (χ3n) is 4.20. The number of rotatable bonds is 8. The van der Waals surface area contributed by atoms with E-state index in [0.29, 0.717) is 23.6 Å². The molecule has 0 radical (unpaired) electrons. The molecule has 0 unspecified atom stereocenters. The number of carbonyl (C=O) groups is 2. The molecule has 0 spiro atoms. The highest BCUT2D eigenvalue weighted by Crippen LogP contribution is 2.15.